The molecule has 6 heteroatoms. The Morgan fingerprint density at radius 2 is 2.11 bits per heavy atom. The molecule has 1 N–H and O–H groups in total. The standard InChI is InChI=1S/C13H15ClN4O/c1-9-12(13(19)17-7-5-15-6-8-17)18-10(14)3-2-4-11(18)16-9/h2-4,15H,5-8H2,1H3. The summed E-state index contributed by atoms with van der Waals surface area (Å²) < 4.78 is 1.72. The number of carbonyl (C=O) groups is 1. The molecule has 3 rings (SSSR count). The van der Waals surface area contributed by atoms with E-state index in [2.05, 4.69) is 10.3 Å². The number of piperazine rings is 1. The van der Waals surface area contributed by atoms with Gasteiger partial charge in [-0.05, 0) is 19.1 Å². The van der Waals surface area contributed by atoms with E-state index >= 15 is 0 Å². The third-order valence-corrected chi connectivity index (χ3v) is 3.67. The number of carbonyl (C=O) groups excluding carboxylic acids is 1. The Balaban J connectivity index is 2.08. The first-order chi connectivity index (χ1) is 9.18. The Morgan fingerprint density at radius 3 is 2.84 bits per heavy atom. The lowest BCUT2D eigenvalue weighted by molar-refractivity contribution is 0.0728. The second-order valence-electron chi connectivity index (χ2n) is 4.63. The van der Waals surface area contributed by atoms with Gasteiger partial charge in [0.15, 0.2) is 0 Å². The van der Waals surface area contributed by atoms with Gasteiger partial charge in [0.05, 0.1) is 5.69 Å². The molecular formula is C13H15ClN4O. The Morgan fingerprint density at radius 1 is 1.37 bits per heavy atom. The minimum atomic E-state index is -0.000370. The number of hydrogen-bond acceptors (Lipinski definition) is 3. The van der Waals surface area contributed by atoms with Crippen molar-refractivity contribution < 1.29 is 4.79 Å². The lowest BCUT2D eigenvalue weighted by atomic mass is 10.2. The molecule has 1 saturated heterocycles. The van der Waals surface area contributed by atoms with Gasteiger partial charge < -0.3 is 10.2 Å². The Bertz CT molecular complexity index is 631. The molecule has 0 aliphatic carbocycles. The van der Waals surface area contributed by atoms with E-state index in [4.69, 9.17) is 11.6 Å². The molecule has 5 nitrogen and oxygen atoms in total. The van der Waals surface area contributed by atoms with Crippen LogP contribution in [-0.4, -0.2) is 46.4 Å². The zero-order valence-electron chi connectivity index (χ0n) is 10.7. The fourth-order valence-corrected chi connectivity index (χ4v) is 2.68. The van der Waals surface area contributed by atoms with Crippen LogP contribution in [0.15, 0.2) is 18.2 Å². The van der Waals surface area contributed by atoms with Gasteiger partial charge in [-0.2, -0.15) is 0 Å². The molecule has 19 heavy (non-hydrogen) atoms. The lowest BCUT2D eigenvalue weighted by Crippen LogP contribution is -2.46. The van der Waals surface area contributed by atoms with Crippen molar-refractivity contribution in [3.8, 4) is 0 Å². The minimum Gasteiger partial charge on any atom is -0.335 e. The molecule has 1 aliphatic heterocycles. The molecule has 0 radical (unpaired) electrons. The number of nitrogens with zero attached hydrogens (tertiary/aromatic N) is 3. The SMILES string of the molecule is Cc1nc2cccc(Cl)n2c1C(=O)N1CCNCC1. The van der Waals surface area contributed by atoms with Crippen LogP contribution in [0.5, 0.6) is 0 Å². The van der Waals surface area contributed by atoms with Crippen LogP contribution in [0.4, 0.5) is 0 Å². The number of halogens is 1. The monoisotopic (exact) mass is 278 g/mol. The number of amides is 1. The van der Waals surface area contributed by atoms with E-state index in [0.29, 0.717) is 16.5 Å². The lowest BCUT2D eigenvalue weighted by Gasteiger charge is -2.27. The molecule has 2 aromatic heterocycles. The number of aromatic nitrogens is 2. The normalized spacial score (nSPS) is 16.0. The second-order valence-corrected chi connectivity index (χ2v) is 5.02. The number of nitrogens with one attached hydrogen (secondary N) is 1. The molecule has 1 fully saturated rings. The predicted molar refractivity (Wildman–Crippen MR) is 73.7 cm³/mol. The van der Waals surface area contributed by atoms with Crippen LogP contribution in [0.25, 0.3) is 5.65 Å². The number of pyridine rings is 1. The van der Waals surface area contributed by atoms with Crippen molar-refractivity contribution in [1.29, 1.82) is 0 Å². The third-order valence-electron chi connectivity index (χ3n) is 3.38. The number of hydrogen-bond donors (Lipinski definition) is 1. The maximum absolute atomic E-state index is 12.6. The average Bonchev–Trinajstić information content (AvgIpc) is 2.76. The van der Waals surface area contributed by atoms with Gasteiger partial charge in [0.2, 0.25) is 0 Å². The maximum Gasteiger partial charge on any atom is 0.272 e. The highest BCUT2D eigenvalue weighted by molar-refractivity contribution is 6.30. The highest BCUT2D eigenvalue weighted by atomic mass is 35.5. The topological polar surface area (TPSA) is 49.6 Å². The molecule has 3 heterocycles. The summed E-state index contributed by atoms with van der Waals surface area (Å²) in [6.07, 6.45) is 0. The molecule has 0 bridgehead atoms. The van der Waals surface area contributed by atoms with Crippen molar-refractivity contribution in [1.82, 2.24) is 19.6 Å². The summed E-state index contributed by atoms with van der Waals surface area (Å²) in [5.74, 6) is -0.000370. The van der Waals surface area contributed by atoms with E-state index < -0.39 is 0 Å². The molecule has 0 atom stereocenters. The molecule has 0 spiro atoms. The van der Waals surface area contributed by atoms with Gasteiger partial charge in [-0.25, -0.2) is 4.98 Å². The van der Waals surface area contributed by atoms with Gasteiger partial charge in [0, 0.05) is 26.2 Å². The highest BCUT2D eigenvalue weighted by Crippen LogP contribution is 2.20. The fourth-order valence-electron chi connectivity index (χ4n) is 2.44. The maximum atomic E-state index is 12.6. The summed E-state index contributed by atoms with van der Waals surface area (Å²) in [5.41, 5.74) is 2.00. The molecule has 1 amide bonds. The van der Waals surface area contributed by atoms with Crippen LogP contribution in [0.2, 0.25) is 5.15 Å². The average molecular weight is 279 g/mol. The van der Waals surface area contributed by atoms with Gasteiger partial charge in [-0.15, -0.1) is 0 Å². The van der Waals surface area contributed by atoms with Gasteiger partial charge in [-0.3, -0.25) is 9.20 Å². The molecule has 1 aliphatic rings. The summed E-state index contributed by atoms with van der Waals surface area (Å²) in [6, 6.07) is 5.46. The molecule has 0 saturated carbocycles. The number of fused-ring (bicyclic) bond motifs is 1. The van der Waals surface area contributed by atoms with Crippen molar-refractivity contribution in [2.75, 3.05) is 26.2 Å². The zero-order chi connectivity index (χ0) is 13.4. The second kappa shape index (κ2) is 4.83. The zero-order valence-corrected chi connectivity index (χ0v) is 11.4. The van der Waals surface area contributed by atoms with E-state index in [1.165, 1.54) is 0 Å². The van der Waals surface area contributed by atoms with Crippen molar-refractivity contribution in [2.45, 2.75) is 6.92 Å². The van der Waals surface area contributed by atoms with Crippen LogP contribution < -0.4 is 5.32 Å². The fraction of sp³-hybridized carbons (Fsp3) is 0.385. The molecule has 2 aromatic rings. The Hall–Kier alpha value is -1.59. The summed E-state index contributed by atoms with van der Waals surface area (Å²) in [6.45, 7) is 4.94. The van der Waals surface area contributed by atoms with Crippen molar-refractivity contribution in [3.63, 3.8) is 0 Å². The van der Waals surface area contributed by atoms with Crippen LogP contribution >= 0.6 is 11.6 Å². The first kappa shape index (κ1) is 12.4. The summed E-state index contributed by atoms with van der Waals surface area (Å²) >= 11 is 6.20. The highest BCUT2D eigenvalue weighted by Gasteiger charge is 2.24. The van der Waals surface area contributed by atoms with E-state index in [-0.39, 0.29) is 5.91 Å². The van der Waals surface area contributed by atoms with Gasteiger partial charge >= 0.3 is 0 Å². The summed E-state index contributed by atoms with van der Waals surface area (Å²) in [4.78, 5) is 18.9. The van der Waals surface area contributed by atoms with Crippen LogP contribution in [0, 0.1) is 6.92 Å². The van der Waals surface area contributed by atoms with E-state index in [1.807, 2.05) is 24.0 Å². The minimum absolute atomic E-state index is 0.000370. The molecule has 0 unspecified atom stereocenters. The first-order valence-electron chi connectivity index (χ1n) is 6.32. The predicted octanol–water partition coefficient (Wildman–Crippen LogP) is 1.34. The van der Waals surface area contributed by atoms with Crippen LogP contribution in [0.3, 0.4) is 0 Å². The summed E-state index contributed by atoms with van der Waals surface area (Å²) in [7, 11) is 0. The molecule has 0 aromatic carbocycles. The van der Waals surface area contributed by atoms with Crippen molar-refractivity contribution >= 4 is 23.2 Å². The number of imidazole rings is 1. The van der Waals surface area contributed by atoms with Crippen molar-refractivity contribution in [3.05, 3.63) is 34.7 Å². The summed E-state index contributed by atoms with van der Waals surface area (Å²) in [5, 5.41) is 3.75. The van der Waals surface area contributed by atoms with E-state index in [0.717, 1.165) is 31.9 Å². The van der Waals surface area contributed by atoms with Crippen molar-refractivity contribution in [2.24, 2.45) is 0 Å². The Kier molecular flexibility index (Phi) is 3.16. The Labute approximate surface area is 116 Å². The first-order valence-corrected chi connectivity index (χ1v) is 6.70. The van der Waals surface area contributed by atoms with Gasteiger partial charge in [0.25, 0.3) is 5.91 Å². The largest absolute Gasteiger partial charge is 0.335 e. The van der Waals surface area contributed by atoms with E-state index in [1.54, 1.807) is 10.5 Å². The van der Waals surface area contributed by atoms with Crippen LogP contribution in [-0.2, 0) is 0 Å². The van der Waals surface area contributed by atoms with Crippen LogP contribution in [0.1, 0.15) is 16.2 Å². The molecule has 100 valence electrons. The number of rotatable bonds is 1. The quantitative estimate of drug-likeness (QED) is 0.801. The van der Waals surface area contributed by atoms with Gasteiger partial charge in [-0.1, -0.05) is 17.7 Å². The number of aryl methyl sites for hydroxylation is 1. The molecular weight excluding hydrogens is 264 g/mol. The van der Waals surface area contributed by atoms with Gasteiger partial charge in [0.1, 0.15) is 16.5 Å². The smallest absolute Gasteiger partial charge is 0.272 e. The third kappa shape index (κ3) is 2.09. The van der Waals surface area contributed by atoms with E-state index in [9.17, 15) is 4.79 Å².